The number of carbonyl (C=O) groups is 1. The molecule has 0 fully saturated rings. The molecule has 1 amide bonds. The largest absolute Gasteiger partial charge is 0.326 e. The summed E-state index contributed by atoms with van der Waals surface area (Å²) in [6.07, 6.45) is 0.327. The molecule has 0 atom stereocenters. The lowest BCUT2D eigenvalue weighted by molar-refractivity contribution is -0.116. The Labute approximate surface area is 162 Å². The van der Waals surface area contributed by atoms with E-state index in [0.29, 0.717) is 17.7 Å². The standard InChI is InChI=1S/C19H22N4OS2/c1-19(2,3)13-6-8-14(9-7-13)20-16(24)10-11-23-17(21-22-18(23)25)15-5-4-12-26-15/h4-9,12H,10-11H2,1-3H3,(H,20,24)(H,22,25). The summed E-state index contributed by atoms with van der Waals surface area (Å²) in [5.41, 5.74) is 2.14. The maximum atomic E-state index is 12.3. The molecule has 3 aromatic rings. The van der Waals surface area contributed by atoms with E-state index in [9.17, 15) is 4.79 Å². The fourth-order valence-electron chi connectivity index (χ4n) is 2.61. The van der Waals surface area contributed by atoms with Crippen LogP contribution in [0.15, 0.2) is 41.8 Å². The van der Waals surface area contributed by atoms with Gasteiger partial charge in [-0.05, 0) is 46.8 Å². The summed E-state index contributed by atoms with van der Waals surface area (Å²) in [5, 5.41) is 12.0. The molecule has 0 aliphatic carbocycles. The predicted octanol–water partition coefficient (Wildman–Crippen LogP) is 5.00. The molecule has 0 spiro atoms. The van der Waals surface area contributed by atoms with E-state index >= 15 is 0 Å². The molecular formula is C19H22N4OS2. The van der Waals surface area contributed by atoms with E-state index in [1.807, 2.05) is 34.2 Å². The van der Waals surface area contributed by atoms with Gasteiger partial charge in [-0.25, -0.2) is 0 Å². The molecule has 0 bridgehead atoms. The van der Waals surface area contributed by atoms with E-state index in [1.165, 1.54) is 5.56 Å². The highest BCUT2D eigenvalue weighted by Gasteiger charge is 2.14. The summed E-state index contributed by atoms with van der Waals surface area (Å²) in [7, 11) is 0. The van der Waals surface area contributed by atoms with Crippen molar-refractivity contribution in [1.82, 2.24) is 14.8 Å². The molecule has 7 heteroatoms. The van der Waals surface area contributed by atoms with Crippen molar-refractivity contribution in [2.45, 2.75) is 39.2 Å². The van der Waals surface area contributed by atoms with Gasteiger partial charge in [0.2, 0.25) is 5.91 Å². The first-order chi connectivity index (χ1) is 12.3. The summed E-state index contributed by atoms with van der Waals surface area (Å²) in [5.74, 6) is 0.723. The van der Waals surface area contributed by atoms with E-state index in [-0.39, 0.29) is 11.3 Å². The van der Waals surface area contributed by atoms with Crippen molar-refractivity contribution in [3.63, 3.8) is 0 Å². The highest BCUT2D eigenvalue weighted by atomic mass is 32.1. The fourth-order valence-corrected chi connectivity index (χ4v) is 3.55. The normalized spacial score (nSPS) is 11.5. The molecule has 0 saturated carbocycles. The Morgan fingerprint density at radius 2 is 2.00 bits per heavy atom. The van der Waals surface area contributed by atoms with Gasteiger partial charge in [-0.1, -0.05) is 39.0 Å². The molecule has 5 nitrogen and oxygen atoms in total. The Hall–Kier alpha value is -2.25. The molecule has 0 saturated heterocycles. The molecule has 2 N–H and O–H groups in total. The number of aromatic amines is 1. The molecule has 0 aliphatic heterocycles. The Morgan fingerprint density at radius 1 is 1.27 bits per heavy atom. The maximum Gasteiger partial charge on any atom is 0.226 e. The monoisotopic (exact) mass is 386 g/mol. The average Bonchev–Trinajstić information content (AvgIpc) is 3.22. The lowest BCUT2D eigenvalue weighted by Crippen LogP contribution is -2.15. The van der Waals surface area contributed by atoms with Crippen LogP contribution in [0, 0.1) is 4.77 Å². The number of nitrogens with zero attached hydrogens (tertiary/aromatic N) is 2. The molecule has 0 unspecified atom stereocenters. The Balaban J connectivity index is 1.63. The number of benzene rings is 1. The average molecular weight is 387 g/mol. The smallest absolute Gasteiger partial charge is 0.226 e. The van der Waals surface area contributed by atoms with Gasteiger partial charge in [0.25, 0.3) is 0 Å². The molecule has 0 radical (unpaired) electrons. The molecule has 136 valence electrons. The minimum atomic E-state index is -0.0475. The van der Waals surface area contributed by atoms with Crippen LogP contribution in [0.3, 0.4) is 0 Å². The van der Waals surface area contributed by atoms with E-state index in [0.717, 1.165) is 16.4 Å². The quantitative estimate of drug-likeness (QED) is 0.607. The lowest BCUT2D eigenvalue weighted by atomic mass is 9.87. The highest BCUT2D eigenvalue weighted by Crippen LogP contribution is 2.24. The zero-order valence-corrected chi connectivity index (χ0v) is 16.7. The van der Waals surface area contributed by atoms with Crippen LogP contribution in [-0.2, 0) is 16.8 Å². The molecular weight excluding hydrogens is 364 g/mol. The molecule has 2 aromatic heterocycles. The molecule has 3 rings (SSSR count). The van der Waals surface area contributed by atoms with E-state index in [2.05, 4.69) is 48.4 Å². The second kappa shape index (κ2) is 7.55. The van der Waals surface area contributed by atoms with Crippen LogP contribution >= 0.6 is 23.6 Å². The number of amides is 1. The van der Waals surface area contributed by atoms with Crippen molar-refractivity contribution in [2.24, 2.45) is 0 Å². The summed E-state index contributed by atoms with van der Waals surface area (Å²) in [4.78, 5) is 13.3. The van der Waals surface area contributed by atoms with Crippen LogP contribution in [-0.4, -0.2) is 20.7 Å². The van der Waals surface area contributed by atoms with Crippen molar-refractivity contribution >= 4 is 35.1 Å². The number of H-pyrrole nitrogens is 1. The Kier molecular flexibility index (Phi) is 5.38. The van der Waals surface area contributed by atoms with Crippen LogP contribution in [0.5, 0.6) is 0 Å². The maximum absolute atomic E-state index is 12.3. The zero-order valence-electron chi connectivity index (χ0n) is 15.1. The van der Waals surface area contributed by atoms with E-state index in [4.69, 9.17) is 12.2 Å². The van der Waals surface area contributed by atoms with E-state index in [1.54, 1.807) is 11.3 Å². The number of anilines is 1. The van der Waals surface area contributed by atoms with Crippen molar-refractivity contribution in [1.29, 1.82) is 0 Å². The number of nitrogens with one attached hydrogen (secondary N) is 2. The van der Waals surface area contributed by atoms with Gasteiger partial charge >= 0.3 is 0 Å². The number of thiophene rings is 1. The third-order valence-corrected chi connectivity index (χ3v) is 5.27. The topological polar surface area (TPSA) is 62.7 Å². The van der Waals surface area contributed by atoms with Gasteiger partial charge < -0.3 is 5.32 Å². The zero-order chi connectivity index (χ0) is 18.7. The van der Waals surface area contributed by atoms with Gasteiger partial charge in [-0.3, -0.25) is 14.5 Å². The number of carbonyl (C=O) groups excluding carboxylic acids is 1. The van der Waals surface area contributed by atoms with Gasteiger partial charge in [0.05, 0.1) is 4.88 Å². The van der Waals surface area contributed by atoms with Crippen molar-refractivity contribution in [2.75, 3.05) is 5.32 Å². The van der Waals surface area contributed by atoms with Crippen molar-refractivity contribution in [3.8, 4) is 10.7 Å². The van der Waals surface area contributed by atoms with Crippen LogP contribution in [0.4, 0.5) is 5.69 Å². The van der Waals surface area contributed by atoms with E-state index < -0.39 is 0 Å². The molecule has 26 heavy (non-hydrogen) atoms. The highest BCUT2D eigenvalue weighted by molar-refractivity contribution is 7.71. The number of hydrogen-bond acceptors (Lipinski definition) is 4. The fraction of sp³-hybridized carbons (Fsp3) is 0.316. The Bertz CT molecular complexity index is 931. The first-order valence-electron chi connectivity index (χ1n) is 8.44. The van der Waals surface area contributed by atoms with Crippen molar-refractivity contribution in [3.05, 3.63) is 52.1 Å². The predicted molar refractivity (Wildman–Crippen MR) is 109 cm³/mol. The molecule has 1 aromatic carbocycles. The van der Waals surface area contributed by atoms with Gasteiger partial charge in [-0.2, -0.15) is 5.10 Å². The van der Waals surface area contributed by atoms with Gasteiger partial charge in [-0.15, -0.1) is 11.3 Å². The van der Waals surface area contributed by atoms with Gasteiger partial charge in [0.15, 0.2) is 10.6 Å². The summed E-state index contributed by atoms with van der Waals surface area (Å²) in [6, 6.07) is 11.9. The SMILES string of the molecule is CC(C)(C)c1ccc(NC(=O)CCn2c(-c3cccs3)n[nH]c2=S)cc1. The van der Waals surface area contributed by atoms with Crippen LogP contribution in [0.2, 0.25) is 0 Å². The van der Waals surface area contributed by atoms with Gasteiger partial charge in [0, 0.05) is 18.7 Å². The van der Waals surface area contributed by atoms with Crippen LogP contribution < -0.4 is 5.32 Å². The minimum absolute atomic E-state index is 0.0475. The number of hydrogen-bond donors (Lipinski definition) is 2. The first kappa shape index (κ1) is 18.5. The minimum Gasteiger partial charge on any atom is -0.326 e. The Morgan fingerprint density at radius 3 is 2.62 bits per heavy atom. The lowest BCUT2D eigenvalue weighted by Gasteiger charge is -2.19. The van der Waals surface area contributed by atoms with Crippen LogP contribution in [0.1, 0.15) is 32.8 Å². The molecule has 2 heterocycles. The summed E-state index contributed by atoms with van der Waals surface area (Å²) >= 11 is 6.89. The summed E-state index contributed by atoms with van der Waals surface area (Å²) in [6.45, 7) is 6.98. The summed E-state index contributed by atoms with van der Waals surface area (Å²) < 4.78 is 2.39. The second-order valence-electron chi connectivity index (χ2n) is 7.11. The molecule has 0 aliphatic rings. The van der Waals surface area contributed by atoms with Crippen molar-refractivity contribution < 1.29 is 4.79 Å². The number of aromatic nitrogens is 3. The third-order valence-electron chi connectivity index (χ3n) is 4.10. The first-order valence-corrected chi connectivity index (χ1v) is 9.73. The van der Waals surface area contributed by atoms with Gasteiger partial charge in [0.1, 0.15) is 0 Å². The third kappa shape index (κ3) is 4.28. The van der Waals surface area contributed by atoms with Crippen LogP contribution in [0.25, 0.3) is 10.7 Å². The second-order valence-corrected chi connectivity index (χ2v) is 8.44. The number of rotatable bonds is 5.